The van der Waals surface area contributed by atoms with Gasteiger partial charge in [0.05, 0.1) is 23.7 Å². The van der Waals surface area contributed by atoms with E-state index in [0.29, 0.717) is 66.9 Å². The van der Waals surface area contributed by atoms with Crippen molar-refractivity contribution >= 4 is 34.8 Å². The maximum absolute atomic E-state index is 13.8. The number of carbonyl (C=O) groups excluding carboxylic acids is 2. The summed E-state index contributed by atoms with van der Waals surface area (Å²) in [6.07, 6.45) is -5.18. The van der Waals surface area contributed by atoms with Gasteiger partial charge < -0.3 is 29.9 Å². The summed E-state index contributed by atoms with van der Waals surface area (Å²) >= 11 is 0.481. The Morgan fingerprint density at radius 1 is 1.11 bits per heavy atom. The Bertz CT molecular complexity index is 1630. The number of aliphatic carboxylic acids is 1. The van der Waals surface area contributed by atoms with E-state index in [1.165, 1.54) is 4.90 Å². The van der Waals surface area contributed by atoms with Crippen LogP contribution >= 0.6 is 11.3 Å². The van der Waals surface area contributed by atoms with E-state index in [2.05, 4.69) is 6.58 Å². The molecule has 2 atom stereocenters. The molecule has 2 unspecified atom stereocenters. The molecule has 3 heterocycles. The van der Waals surface area contributed by atoms with E-state index in [4.69, 9.17) is 20.4 Å². The molecule has 292 valence electrons. The Kier molecular flexibility index (Phi) is 15.1. The van der Waals surface area contributed by atoms with Crippen LogP contribution in [0.3, 0.4) is 0 Å². The molecule has 2 aliphatic rings. The van der Waals surface area contributed by atoms with Gasteiger partial charge in [0.15, 0.2) is 0 Å². The van der Waals surface area contributed by atoms with Crippen LogP contribution in [-0.2, 0) is 26.2 Å². The largest absolute Gasteiger partial charge is 0.507 e. The van der Waals surface area contributed by atoms with Gasteiger partial charge in [-0.05, 0) is 50.7 Å². The number of piperidine rings is 2. The fourth-order valence-electron chi connectivity index (χ4n) is 6.40. The number of ether oxygens (including phenoxy) is 1. The number of aliphatic hydroxyl groups is 1. The molecule has 2 aromatic rings. The minimum Gasteiger partial charge on any atom is -0.507 e. The number of carboxylic acids is 1. The number of hydrogen-bond acceptors (Lipinski definition) is 8. The van der Waals surface area contributed by atoms with Gasteiger partial charge in [-0.25, -0.2) is 0 Å². The van der Waals surface area contributed by atoms with Gasteiger partial charge in [-0.3, -0.25) is 19.8 Å². The van der Waals surface area contributed by atoms with Crippen LogP contribution in [0, 0.1) is 11.3 Å². The zero-order valence-electron chi connectivity index (χ0n) is 29.0. The standard InChI is InChI=1S/C31H40F3N3O6.C5H3F3OS/c1-3-9-23(31(32,33)34)27(35)29(41)37-17-7-11-21(24(37)10-4-2)28(40)36-18-15-30(42,16-19-36)22-12-5-6-13-25(22)43-20-8-14-26(38)39;6-5(7,8)4-1-3(9)2-10-4/h3,5-6,9,12-13,21,24,35,42H,1,4,7-8,10-11,14-20H2,2H3,(H,38,39);1-2,9H/b23-9+,35-27?;. The Balaban J connectivity index is 0.000000651. The first kappa shape index (κ1) is 43.0. The molecule has 0 radical (unpaired) electrons. The molecule has 2 aliphatic heterocycles. The second kappa shape index (κ2) is 18.6. The van der Waals surface area contributed by atoms with Crippen LogP contribution in [0.5, 0.6) is 11.5 Å². The number of nitrogens with zero attached hydrogens (tertiary/aromatic N) is 2. The van der Waals surface area contributed by atoms with Crippen molar-refractivity contribution in [3.63, 3.8) is 0 Å². The Morgan fingerprint density at radius 2 is 1.77 bits per heavy atom. The summed E-state index contributed by atoms with van der Waals surface area (Å²) in [7, 11) is 0. The number of likely N-dealkylation sites (tertiary alicyclic amines) is 2. The van der Waals surface area contributed by atoms with Crippen molar-refractivity contribution in [1.82, 2.24) is 9.80 Å². The second-order valence-corrected chi connectivity index (χ2v) is 13.6. The zero-order chi connectivity index (χ0) is 39.6. The highest BCUT2D eigenvalue weighted by molar-refractivity contribution is 7.10. The van der Waals surface area contributed by atoms with E-state index in [1.807, 2.05) is 6.92 Å². The first-order valence-electron chi connectivity index (χ1n) is 16.9. The summed E-state index contributed by atoms with van der Waals surface area (Å²) in [5, 5.41) is 38.1. The fourth-order valence-corrected chi connectivity index (χ4v) is 7.04. The van der Waals surface area contributed by atoms with Crippen LogP contribution in [-0.4, -0.2) is 87.1 Å². The third-order valence-corrected chi connectivity index (χ3v) is 9.93. The molecule has 53 heavy (non-hydrogen) atoms. The topological polar surface area (TPSA) is 151 Å². The molecule has 4 N–H and O–H groups in total. The predicted octanol–water partition coefficient (Wildman–Crippen LogP) is 7.31. The van der Waals surface area contributed by atoms with Crippen LogP contribution < -0.4 is 4.74 Å². The van der Waals surface area contributed by atoms with E-state index < -0.39 is 58.0 Å². The van der Waals surface area contributed by atoms with Crippen molar-refractivity contribution in [1.29, 1.82) is 5.41 Å². The monoisotopic (exact) mass is 775 g/mol. The van der Waals surface area contributed by atoms with Gasteiger partial charge in [-0.1, -0.05) is 44.2 Å². The second-order valence-electron chi connectivity index (χ2n) is 12.7. The number of halogens is 6. The van der Waals surface area contributed by atoms with Gasteiger partial charge in [-0.15, -0.1) is 11.3 Å². The number of benzene rings is 1. The Labute approximate surface area is 306 Å². The number of carboxylic acid groups (broad SMARTS) is 1. The lowest BCUT2D eigenvalue weighted by molar-refractivity contribution is -0.147. The van der Waals surface area contributed by atoms with Gasteiger partial charge in [-0.2, -0.15) is 26.3 Å². The number of nitrogens with one attached hydrogen (secondary N) is 1. The lowest BCUT2D eigenvalue weighted by Crippen LogP contribution is -2.56. The SMILES string of the molecule is C=C/C=C(\C(=N)C(=O)N1CCCC(C(=O)N2CCC(O)(c3ccccc3OCCCC(=O)O)CC2)C1CCC)C(F)(F)F.Oc1csc(C(F)(F)F)c1. The first-order valence-corrected chi connectivity index (χ1v) is 17.8. The quantitative estimate of drug-likeness (QED) is 0.0764. The summed E-state index contributed by atoms with van der Waals surface area (Å²) in [4.78, 5) is 39.9. The molecule has 17 heteroatoms. The molecule has 1 aromatic carbocycles. The lowest BCUT2D eigenvalue weighted by Gasteiger charge is -2.45. The van der Waals surface area contributed by atoms with Gasteiger partial charge in [0, 0.05) is 49.1 Å². The van der Waals surface area contributed by atoms with Gasteiger partial charge in [0.25, 0.3) is 5.91 Å². The van der Waals surface area contributed by atoms with Crippen molar-refractivity contribution in [3.8, 4) is 11.5 Å². The molecule has 2 amide bonds. The average Bonchev–Trinajstić information content (AvgIpc) is 3.56. The van der Waals surface area contributed by atoms with Crippen molar-refractivity contribution in [2.24, 2.45) is 5.92 Å². The molecule has 0 bridgehead atoms. The van der Waals surface area contributed by atoms with Crippen LogP contribution in [0.2, 0.25) is 0 Å². The molecule has 2 saturated heterocycles. The van der Waals surface area contributed by atoms with Crippen LogP contribution in [0.25, 0.3) is 0 Å². The summed E-state index contributed by atoms with van der Waals surface area (Å²) in [5.41, 5.74) is -3.27. The van der Waals surface area contributed by atoms with E-state index in [0.717, 1.165) is 11.5 Å². The highest BCUT2D eigenvalue weighted by Crippen LogP contribution is 2.40. The summed E-state index contributed by atoms with van der Waals surface area (Å²) in [5.74, 6) is -2.73. The highest BCUT2D eigenvalue weighted by atomic mass is 32.1. The fraction of sp³-hybridized carbons (Fsp3) is 0.500. The average molecular weight is 776 g/mol. The summed E-state index contributed by atoms with van der Waals surface area (Å²) < 4.78 is 81.6. The minimum absolute atomic E-state index is 0.0388. The predicted molar refractivity (Wildman–Crippen MR) is 185 cm³/mol. The van der Waals surface area contributed by atoms with E-state index in [1.54, 1.807) is 29.2 Å². The number of thiophene rings is 1. The van der Waals surface area contributed by atoms with Gasteiger partial charge in [0.1, 0.15) is 22.1 Å². The number of para-hydroxylation sites is 1. The van der Waals surface area contributed by atoms with Crippen molar-refractivity contribution < 1.29 is 60.8 Å². The normalized spacial score (nSPS) is 19.1. The van der Waals surface area contributed by atoms with Crippen molar-refractivity contribution in [2.75, 3.05) is 26.2 Å². The van der Waals surface area contributed by atoms with Crippen molar-refractivity contribution in [3.05, 3.63) is 70.5 Å². The van der Waals surface area contributed by atoms with Gasteiger partial charge in [0.2, 0.25) is 5.91 Å². The van der Waals surface area contributed by atoms with Crippen LogP contribution in [0.1, 0.15) is 68.7 Å². The van der Waals surface area contributed by atoms with Crippen LogP contribution in [0.15, 0.2) is 60.0 Å². The zero-order valence-corrected chi connectivity index (χ0v) is 29.8. The summed E-state index contributed by atoms with van der Waals surface area (Å²) in [6.45, 7) is 5.90. The number of carbonyl (C=O) groups is 3. The molecule has 2 fully saturated rings. The molecule has 0 spiro atoms. The minimum atomic E-state index is -4.90. The lowest BCUT2D eigenvalue weighted by atomic mass is 9.81. The Hall–Kier alpha value is -4.38. The maximum Gasteiger partial charge on any atom is 0.425 e. The van der Waals surface area contributed by atoms with Crippen molar-refractivity contribution in [2.45, 2.75) is 82.3 Å². The molecule has 10 nitrogen and oxygen atoms in total. The van der Waals surface area contributed by atoms with E-state index >= 15 is 0 Å². The number of allylic oxidation sites excluding steroid dienone is 2. The van der Waals surface area contributed by atoms with Gasteiger partial charge >= 0.3 is 18.3 Å². The third-order valence-electron chi connectivity index (χ3n) is 8.96. The first-order chi connectivity index (χ1) is 24.8. The third kappa shape index (κ3) is 11.6. The number of alkyl halides is 6. The smallest absolute Gasteiger partial charge is 0.425 e. The van der Waals surface area contributed by atoms with Crippen LogP contribution in [0.4, 0.5) is 26.3 Å². The molecule has 4 rings (SSSR count). The number of amides is 2. The number of rotatable bonds is 12. The summed E-state index contributed by atoms with van der Waals surface area (Å²) in [6, 6.07) is 7.02. The molecule has 1 aromatic heterocycles. The number of aromatic hydroxyl groups is 1. The van der Waals surface area contributed by atoms with E-state index in [-0.39, 0.29) is 57.2 Å². The maximum atomic E-state index is 13.8. The molecule has 0 aliphatic carbocycles. The van der Waals surface area contributed by atoms with E-state index in [9.17, 15) is 45.8 Å². The molecular weight excluding hydrogens is 732 g/mol. The Morgan fingerprint density at radius 3 is 2.30 bits per heavy atom. The molecule has 0 saturated carbocycles. The highest BCUT2D eigenvalue weighted by Gasteiger charge is 2.46. The molecular formula is C36H43F6N3O7S. The number of hydrogen-bond donors (Lipinski definition) is 4.